The van der Waals surface area contributed by atoms with Crippen LogP contribution >= 0.6 is 11.8 Å². The van der Waals surface area contributed by atoms with Crippen LogP contribution in [0.2, 0.25) is 0 Å². The summed E-state index contributed by atoms with van der Waals surface area (Å²) in [6.07, 6.45) is 2.04. The van der Waals surface area contributed by atoms with Crippen LogP contribution in [0.1, 0.15) is 30.0 Å². The third kappa shape index (κ3) is 9.04. The zero-order valence-electron chi connectivity index (χ0n) is 22.2. The van der Waals surface area contributed by atoms with Crippen LogP contribution in [-0.4, -0.2) is 25.2 Å². The van der Waals surface area contributed by atoms with Crippen LogP contribution in [0.25, 0.3) is 0 Å². The van der Waals surface area contributed by atoms with E-state index in [1.807, 2.05) is 109 Å². The zero-order chi connectivity index (χ0) is 27.3. The third-order valence-corrected chi connectivity index (χ3v) is 7.20. The summed E-state index contributed by atoms with van der Waals surface area (Å²) in [6.45, 7) is 3.30. The average Bonchev–Trinajstić information content (AvgIpc) is 2.97. The monoisotopic (exact) mass is 538 g/mol. The van der Waals surface area contributed by atoms with Crippen molar-refractivity contribution in [2.24, 2.45) is 0 Å². The van der Waals surface area contributed by atoms with Gasteiger partial charge in [-0.3, -0.25) is 9.69 Å². The molecule has 2 amide bonds. The fourth-order valence-corrected chi connectivity index (χ4v) is 5.00. The van der Waals surface area contributed by atoms with Crippen molar-refractivity contribution in [1.29, 1.82) is 0 Å². The van der Waals surface area contributed by atoms with E-state index >= 15 is 0 Å². The first kappa shape index (κ1) is 28.0. The number of benzene rings is 4. The van der Waals surface area contributed by atoms with Crippen LogP contribution in [0.3, 0.4) is 0 Å². The molecule has 6 heteroatoms. The first-order valence-electron chi connectivity index (χ1n) is 13.3. The minimum absolute atomic E-state index is 0.107. The molecular formula is C33H34N2O3S. The number of anilines is 1. The molecule has 0 heterocycles. The van der Waals surface area contributed by atoms with Crippen molar-refractivity contribution in [2.45, 2.75) is 42.5 Å². The number of carbonyl (C=O) groups is 2. The molecule has 4 aromatic carbocycles. The van der Waals surface area contributed by atoms with Crippen molar-refractivity contribution < 1.29 is 14.3 Å². The summed E-state index contributed by atoms with van der Waals surface area (Å²) in [6, 6.07) is 36.2. The van der Waals surface area contributed by atoms with E-state index < -0.39 is 0 Å². The predicted octanol–water partition coefficient (Wildman–Crippen LogP) is 7.29. The number of nitrogens with one attached hydrogen (secondary N) is 1. The maximum Gasteiger partial charge on any atom is 0.322 e. The standard InChI is InChI=1S/C33H34N2O3S/c1-2-38-32(36)24-27-15-19-30(20-16-27)39-31-21-17-29(18-22-31)35(23-9-14-26-10-5-3-6-11-26)33(37)34-25-28-12-7-4-8-13-28/h3-8,10-13,15-22H,2,9,14,23-25H2,1H3,(H,34,37). The Kier molecular flexibility index (Phi) is 10.6. The molecule has 1 N–H and O–H groups in total. The lowest BCUT2D eigenvalue weighted by Crippen LogP contribution is -2.40. The van der Waals surface area contributed by atoms with Crippen LogP contribution in [0.15, 0.2) is 119 Å². The fourth-order valence-electron chi connectivity index (χ4n) is 4.19. The second kappa shape index (κ2) is 14.8. The van der Waals surface area contributed by atoms with Crippen molar-refractivity contribution >= 4 is 29.4 Å². The van der Waals surface area contributed by atoms with Crippen molar-refractivity contribution in [1.82, 2.24) is 5.32 Å². The normalized spacial score (nSPS) is 10.6. The highest BCUT2D eigenvalue weighted by Crippen LogP contribution is 2.30. The minimum atomic E-state index is -0.213. The van der Waals surface area contributed by atoms with Crippen LogP contribution < -0.4 is 10.2 Å². The molecule has 0 aliphatic heterocycles. The van der Waals surface area contributed by atoms with Gasteiger partial charge in [0, 0.05) is 28.6 Å². The summed E-state index contributed by atoms with van der Waals surface area (Å²) in [5, 5.41) is 3.08. The van der Waals surface area contributed by atoms with Gasteiger partial charge < -0.3 is 10.1 Å². The summed E-state index contributed by atoms with van der Waals surface area (Å²) < 4.78 is 5.03. The van der Waals surface area contributed by atoms with Gasteiger partial charge in [-0.1, -0.05) is 84.6 Å². The van der Waals surface area contributed by atoms with Crippen molar-refractivity contribution in [3.63, 3.8) is 0 Å². The highest BCUT2D eigenvalue weighted by Gasteiger charge is 2.16. The van der Waals surface area contributed by atoms with Gasteiger partial charge in [0.05, 0.1) is 13.0 Å². The Morgan fingerprint density at radius 1 is 0.744 bits per heavy atom. The van der Waals surface area contributed by atoms with Gasteiger partial charge in [0.1, 0.15) is 0 Å². The van der Waals surface area contributed by atoms with E-state index in [-0.39, 0.29) is 18.4 Å². The van der Waals surface area contributed by atoms with Gasteiger partial charge in [-0.15, -0.1) is 0 Å². The van der Waals surface area contributed by atoms with E-state index in [1.54, 1.807) is 11.8 Å². The molecule has 0 aromatic heterocycles. The Morgan fingerprint density at radius 3 is 1.95 bits per heavy atom. The SMILES string of the molecule is CCOC(=O)Cc1ccc(Sc2ccc(N(CCCc3ccccc3)C(=O)NCc3ccccc3)cc2)cc1. The molecule has 0 spiro atoms. The Hall–Kier alpha value is -4.03. The summed E-state index contributed by atoms with van der Waals surface area (Å²) >= 11 is 1.64. The maximum absolute atomic E-state index is 13.3. The number of hydrogen-bond donors (Lipinski definition) is 1. The van der Waals surface area contributed by atoms with Crippen molar-refractivity contribution in [2.75, 3.05) is 18.1 Å². The number of rotatable bonds is 12. The van der Waals surface area contributed by atoms with E-state index in [0.717, 1.165) is 39.4 Å². The lowest BCUT2D eigenvalue weighted by atomic mass is 10.1. The van der Waals surface area contributed by atoms with Crippen molar-refractivity contribution in [3.05, 3.63) is 126 Å². The summed E-state index contributed by atoms with van der Waals surface area (Å²) in [5.74, 6) is -0.213. The Bertz CT molecular complexity index is 1310. The minimum Gasteiger partial charge on any atom is -0.466 e. The molecule has 4 rings (SSSR count). The Balaban J connectivity index is 1.40. The average molecular weight is 539 g/mol. The molecular weight excluding hydrogens is 504 g/mol. The number of nitrogens with zero attached hydrogens (tertiary/aromatic N) is 1. The predicted molar refractivity (Wildman–Crippen MR) is 158 cm³/mol. The van der Waals surface area contributed by atoms with E-state index in [0.29, 0.717) is 19.7 Å². The second-order valence-electron chi connectivity index (χ2n) is 9.11. The summed E-state index contributed by atoms with van der Waals surface area (Å²) in [4.78, 5) is 29.0. The van der Waals surface area contributed by atoms with Crippen LogP contribution in [0, 0.1) is 0 Å². The molecule has 0 fully saturated rings. The maximum atomic E-state index is 13.3. The number of carbonyl (C=O) groups excluding carboxylic acids is 2. The number of ether oxygens (including phenoxy) is 1. The molecule has 0 unspecified atom stereocenters. The van der Waals surface area contributed by atoms with Crippen LogP contribution in [0.4, 0.5) is 10.5 Å². The molecule has 0 saturated carbocycles. The highest BCUT2D eigenvalue weighted by molar-refractivity contribution is 7.99. The number of hydrogen-bond acceptors (Lipinski definition) is 4. The molecule has 0 atom stereocenters. The summed E-state index contributed by atoms with van der Waals surface area (Å²) in [7, 11) is 0. The number of esters is 1. The van der Waals surface area contributed by atoms with E-state index in [1.165, 1.54) is 5.56 Å². The smallest absolute Gasteiger partial charge is 0.322 e. The Morgan fingerprint density at radius 2 is 1.33 bits per heavy atom. The first-order chi connectivity index (χ1) is 19.1. The number of amides is 2. The lowest BCUT2D eigenvalue weighted by Gasteiger charge is -2.24. The molecule has 0 aliphatic carbocycles. The van der Waals surface area contributed by atoms with Gasteiger partial charge in [0.15, 0.2) is 0 Å². The zero-order valence-corrected chi connectivity index (χ0v) is 23.0. The third-order valence-electron chi connectivity index (χ3n) is 6.18. The largest absolute Gasteiger partial charge is 0.466 e. The fraction of sp³-hybridized carbons (Fsp3) is 0.212. The second-order valence-corrected chi connectivity index (χ2v) is 10.3. The molecule has 4 aromatic rings. The summed E-state index contributed by atoms with van der Waals surface area (Å²) in [5.41, 5.74) is 4.13. The topological polar surface area (TPSA) is 58.6 Å². The van der Waals surface area contributed by atoms with Gasteiger partial charge in [0.2, 0.25) is 0 Å². The Labute approximate surface area is 235 Å². The van der Waals surface area contributed by atoms with E-state index in [9.17, 15) is 9.59 Å². The molecule has 0 radical (unpaired) electrons. The molecule has 200 valence electrons. The van der Waals surface area contributed by atoms with Crippen LogP contribution in [0.5, 0.6) is 0 Å². The number of aryl methyl sites for hydroxylation is 1. The molecule has 0 aliphatic rings. The van der Waals surface area contributed by atoms with Gasteiger partial charge in [0.25, 0.3) is 0 Å². The molecule has 0 saturated heterocycles. The van der Waals surface area contributed by atoms with Crippen molar-refractivity contribution in [3.8, 4) is 0 Å². The van der Waals surface area contributed by atoms with E-state index in [2.05, 4.69) is 17.4 Å². The van der Waals surface area contributed by atoms with E-state index in [4.69, 9.17) is 4.74 Å². The number of urea groups is 1. The van der Waals surface area contributed by atoms with Gasteiger partial charge >= 0.3 is 12.0 Å². The van der Waals surface area contributed by atoms with Gasteiger partial charge in [-0.2, -0.15) is 0 Å². The molecule has 5 nitrogen and oxygen atoms in total. The highest BCUT2D eigenvalue weighted by atomic mass is 32.2. The molecule has 39 heavy (non-hydrogen) atoms. The first-order valence-corrected chi connectivity index (χ1v) is 14.1. The van der Waals surface area contributed by atoms with Gasteiger partial charge in [-0.05, 0) is 72.9 Å². The quantitative estimate of drug-likeness (QED) is 0.192. The lowest BCUT2D eigenvalue weighted by molar-refractivity contribution is -0.142. The van der Waals surface area contributed by atoms with Gasteiger partial charge in [-0.25, -0.2) is 4.79 Å². The van der Waals surface area contributed by atoms with Crippen LogP contribution in [-0.2, 0) is 28.9 Å². The molecule has 0 bridgehead atoms.